The molecule has 1 atom stereocenters. The average molecular weight is 316 g/mol. The summed E-state index contributed by atoms with van der Waals surface area (Å²) in [5.41, 5.74) is 1.67. The van der Waals surface area contributed by atoms with Crippen LogP contribution in [0.5, 0.6) is 0 Å². The van der Waals surface area contributed by atoms with Gasteiger partial charge in [0.05, 0.1) is 16.8 Å². The Morgan fingerprint density at radius 3 is 2.40 bits per heavy atom. The van der Waals surface area contributed by atoms with Crippen molar-refractivity contribution in [3.05, 3.63) is 63.1 Å². The molecular weight excluding hydrogens is 303 g/mol. The zero-order valence-electron chi connectivity index (χ0n) is 11.0. The first-order valence-electron chi connectivity index (χ1n) is 6.06. The summed E-state index contributed by atoms with van der Waals surface area (Å²) in [6.45, 7) is 3.57. The van der Waals surface area contributed by atoms with Crippen LogP contribution in [-0.4, -0.2) is 0 Å². The molecule has 1 nitrogen and oxygen atoms in total. The van der Waals surface area contributed by atoms with Gasteiger partial charge in [-0.2, -0.15) is 0 Å². The van der Waals surface area contributed by atoms with E-state index in [2.05, 4.69) is 5.32 Å². The molecule has 0 spiro atoms. The van der Waals surface area contributed by atoms with Gasteiger partial charge in [0.25, 0.3) is 0 Å². The number of hydrogen-bond donors (Lipinski definition) is 1. The van der Waals surface area contributed by atoms with Gasteiger partial charge in [0, 0.05) is 5.02 Å². The zero-order chi connectivity index (χ0) is 14.9. The Morgan fingerprint density at radius 2 is 1.75 bits per heavy atom. The van der Waals surface area contributed by atoms with Crippen LogP contribution in [0.2, 0.25) is 10.0 Å². The first kappa shape index (κ1) is 15.1. The highest BCUT2D eigenvalue weighted by Crippen LogP contribution is 2.31. The van der Waals surface area contributed by atoms with E-state index in [4.69, 9.17) is 23.2 Å². The topological polar surface area (TPSA) is 12.0 Å². The molecule has 0 fully saturated rings. The summed E-state index contributed by atoms with van der Waals surface area (Å²) in [7, 11) is 0. The monoisotopic (exact) mass is 315 g/mol. The fraction of sp³-hybridized carbons (Fsp3) is 0.200. The molecule has 0 heterocycles. The van der Waals surface area contributed by atoms with Gasteiger partial charge in [-0.15, -0.1) is 0 Å². The molecule has 0 radical (unpaired) electrons. The Morgan fingerprint density at radius 1 is 1.05 bits per heavy atom. The molecule has 0 saturated carbocycles. The van der Waals surface area contributed by atoms with Crippen LogP contribution in [0, 0.1) is 18.6 Å². The third-order valence-corrected chi connectivity index (χ3v) is 3.71. The summed E-state index contributed by atoms with van der Waals surface area (Å²) in [4.78, 5) is 0. The number of nitrogens with one attached hydrogen (secondary N) is 1. The quantitative estimate of drug-likeness (QED) is 0.711. The van der Waals surface area contributed by atoms with Crippen molar-refractivity contribution >= 4 is 28.9 Å². The number of benzene rings is 2. The summed E-state index contributed by atoms with van der Waals surface area (Å²) in [6, 6.07) is 7.05. The third-order valence-electron chi connectivity index (χ3n) is 3.09. The van der Waals surface area contributed by atoms with Crippen LogP contribution < -0.4 is 5.32 Å². The Bertz CT molecular complexity index is 624. The molecule has 0 aliphatic carbocycles. The minimum Gasteiger partial charge on any atom is -0.376 e. The van der Waals surface area contributed by atoms with E-state index in [-0.39, 0.29) is 16.9 Å². The standard InChI is InChI=1S/C15H13Cl2F2N/c1-8-4-3-5-13(18)15(8)20-9(2)10-6-14(19)12(17)7-11(10)16/h3-7,9,20H,1-2H3. The predicted octanol–water partition coefficient (Wildman–Crippen LogP) is 5.75. The molecule has 5 heteroatoms. The van der Waals surface area contributed by atoms with E-state index < -0.39 is 5.82 Å². The van der Waals surface area contributed by atoms with Gasteiger partial charge < -0.3 is 5.32 Å². The average Bonchev–Trinajstić information content (AvgIpc) is 2.38. The molecule has 1 N–H and O–H groups in total. The lowest BCUT2D eigenvalue weighted by molar-refractivity contribution is 0.620. The first-order chi connectivity index (χ1) is 9.40. The van der Waals surface area contributed by atoms with Crippen molar-refractivity contribution in [3.8, 4) is 0 Å². The second-order valence-corrected chi connectivity index (χ2v) is 5.40. The minimum atomic E-state index is -0.551. The van der Waals surface area contributed by atoms with E-state index in [1.54, 1.807) is 26.0 Å². The van der Waals surface area contributed by atoms with Crippen molar-refractivity contribution in [1.29, 1.82) is 0 Å². The van der Waals surface area contributed by atoms with Gasteiger partial charge >= 0.3 is 0 Å². The molecule has 2 aromatic carbocycles. The largest absolute Gasteiger partial charge is 0.376 e. The van der Waals surface area contributed by atoms with Gasteiger partial charge in [-0.25, -0.2) is 8.78 Å². The molecule has 0 amide bonds. The van der Waals surface area contributed by atoms with E-state index in [9.17, 15) is 8.78 Å². The SMILES string of the molecule is Cc1cccc(F)c1NC(C)c1cc(F)c(Cl)cc1Cl. The van der Waals surface area contributed by atoms with E-state index in [0.717, 1.165) is 5.56 Å². The van der Waals surface area contributed by atoms with E-state index >= 15 is 0 Å². The molecule has 2 rings (SSSR count). The van der Waals surface area contributed by atoms with Gasteiger partial charge in [0.1, 0.15) is 11.6 Å². The molecule has 1 unspecified atom stereocenters. The molecule has 0 aliphatic rings. The first-order valence-corrected chi connectivity index (χ1v) is 6.82. The van der Waals surface area contributed by atoms with Gasteiger partial charge in [0.15, 0.2) is 0 Å². The van der Waals surface area contributed by atoms with Crippen molar-refractivity contribution in [2.75, 3.05) is 5.32 Å². The minimum absolute atomic E-state index is 0.0342. The number of para-hydroxylation sites is 1. The molecule has 106 valence electrons. The van der Waals surface area contributed by atoms with Crippen LogP contribution in [0.3, 0.4) is 0 Å². The maximum absolute atomic E-state index is 13.8. The van der Waals surface area contributed by atoms with Crippen LogP contribution in [-0.2, 0) is 0 Å². The molecule has 0 saturated heterocycles. The smallest absolute Gasteiger partial charge is 0.146 e. The van der Waals surface area contributed by atoms with Crippen LogP contribution >= 0.6 is 23.2 Å². The van der Waals surface area contributed by atoms with Crippen LogP contribution in [0.15, 0.2) is 30.3 Å². The Kier molecular flexibility index (Phi) is 4.51. The Labute approximate surface area is 126 Å². The fourth-order valence-electron chi connectivity index (χ4n) is 1.98. The van der Waals surface area contributed by atoms with Gasteiger partial charge in [-0.3, -0.25) is 0 Å². The maximum Gasteiger partial charge on any atom is 0.146 e. The highest BCUT2D eigenvalue weighted by atomic mass is 35.5. The maximum atomic E-state index is 13.8. The Balaban J connectivity index is 2.33. The molecule has 0 aromatic heterocycles. The number of anilines is 1. The van der Waals surface area contributed by atoms with Crippen LogP contribution in [0.1, 0.15) is 24.1 Å². The summed E-state index contributed by atoms with van der Waals surface area (Å²) in [6.07, 6.45) is 0. The predicted molar refractivity (Wildman–Crippen MR) is 79.6 cm³/mol. The zero-order valence-corrected chi connectivity index (χ0v) is 12.5. The summed E-state index contributed by atoms with van der Waals surface area (Å²) in [5, 5.41) is 3.32. The second-order valence-electron chi connectivity index (χ2n) is 4.59. The van der Waals surface area contributed by atoms with Crippen molar-refractivity contribution in [2.45, 2.75) is 19.9 Å². The number of halogens is 4. The van der Waals surface area contributed by atoms with Crippen molar-refractivity contribution in [3.63, 3.8) is 0 Å². The van der Waals surface area contributed by atoms with Gasteiger partial charge in [0.2, 0.25) is 0 Å². The van der Waals surface area contributed by atoms with E-state index in [0.29, 0.717) is 16.3 Å². The second kappa shape index (κ2) is 5.98. The van der Waals surface area contributed by atoms with Crippen molar-refractivity contribution < 1.29 is 8.78 Å². The Hall–Kier alpha value is -1.32. The molecule has 2 aromatic rings. The van der Waals surface area contributed by atoms with Crippen LogP contribution in [0.25, 0.3) is 0 Å². The molecule has 20 heavy (non-hydrogen) atoms. The fourth-order valence-corrected chi connectivity index (χ4v) is 2.53. The number of aryl methyl sites for hydroxylation is 1. The normalized spacial score (nSPS) is 12.3. The number of hydrogen-bond acceptors (Lipinski definition) is 1. The lowest BCUT2D eigenvalue weighted by Gasteiger charge is -2.19. The van der Waals surface area contributed by atoms with Crippen molar-refractivity contribution in [1.82, 2.24) is 0 Å². The van der Waals surface area contributed by atoms with E-state index in [1.807, 2.05) is 0 Å². The lowest BCUT2D eigenvalue weighted by Crippen LogP contribution is -2.10. The summed E-state index contributed by atoms with van der Waals surface area (Å²) >= 11 is 11.7. The van der Waals surface area contributed by atoms with Gasteiger partial charge in [-0.1, -0.05) is 35.3 Å². The number of rotatable bonds is 3. The molecule has 0 bridgehead atoms. The van der Waals surface area contributed by atoms with Gasteiger partial charge in [-0.05, 0) is 43.2 Å². The van der Waals surface area contributed by atoms with Crippen LogP contribution in [0.4, 0.5) is 14.5 Å². The third kappa shape index (κ3) is 3.05. The highest BCUT2D eigenvalue weighted by molar-refractivity contribution is 6.35. The highest BCUT2D eigenvalue weighted by Gasteiger charge is 2.15. The summed E-state index contributed by atoms with van der Waals surface area (Å²) in [5.74, 6) is -0.910. The lowest BCUT2D eigenvalue weighted by atomic mass is 10.1. The van der Waals surface area contributed by atoms with E-state index in [1.165, 1.54) is 18.2 Å². The van der Waals surface area contributed by atoms with Crippen molar-refractivity contribution in [2.24, 2.45) is 0 Å². The molecular formula is C15H13Cl2F2N. The summed E-state index contributed by atoms with van der Waals surface area (Å²) < 4.78 is 27.3. The molecule has 0 aliphatic heterocycles.